The summed E-state index contributed by atoms with van der Waals surface area (Å²) < 4.78 is 6.96. The van der Waals surface area contributed by atoms with Crippen molar-refractivity contribution >= 4 is 39.0 Å². The summed E-state index contributed by atoms with van der Waals surface area (Å²) >= 11 is 0. The van der Waals surface area contributed by atoms with Crippen molar-refractivity contribution in [3.63, 3.8) is 0 Å². The predicted molar refractivity (Wildman–Crippen MR) is 205 cm³/mol. The number of piperazine rings is 1. The average Bonchev–Trinajstić information content (AvgIpc) is 3.36. The highest BCUT2D eigenvalue weighted by molar-refractivity contribution is 8.15. The van der Waals surface area contributed by atoms with Crippen LogP contribution in [0.1, 0.15) is 129 Å². The lowest BCUT2D eigenvalue weighted by atomic mass is 9.94. The van der Waals surface area contributed by atoms with Crippen molar-refractivity contribution in [2.24, 2.45) is 10.9 Å². The quantitative estimate of drug-likeness (QED) is 0.0614. The Morgan fingerprint density at radius 1 is 0.872 bits per heavy atom. The highest BCUT2D eigenvalue weighted by Gasteiger charge is 2.35. The largest absolute Gasteiger partial charge is 0.415 e. The Morgan fingerprint density at radius 2 is 1.43 bits per heavy atom. The number of nitrogens with zero attached hydrogens (tertiary/aromatic N) is 3. The second-order valence-corrected chi connectivity index (χ2v) is 16.7. The monoisotopic (exact) mass is 667 g/mol. The van der Waals surface area contributed by atoms with E-state index in [0.29, 0.717) is 6.73 Å². The zero-order valence-electron chi connectivity index (χ0n) is 30.5. The first-order valence-electron chi connectivity index (χ1n) is 19.3. The third kappa shape index (κ3) is 12.4. The summed E-state index contributed by atoms with van der Waals surface area (Å²) in [7, 11) is 2.49. The molecule has 0 aliphatic carbocycles. The van der Waals surface area contributed by atoms with Crippen LogP contribution in [0.4, 0.5) is 11.4 Å². The molecule has 1 saturated heterocycles. The molecule has 1 fully saturated rings. The van der Waals surface area contributed by atoms with E-state index < -0.39 is 0 Å². The van der Waals surface area contributed by atoms with Crippen LogP contribution in [0.15, 0.2) is 40.5 Å². The minimum Gasteiger partial charge on any atom is -0.415 e. The fraction of sp³-hybridized carbons (Fsp3) is 0.725. The van der Waals surface area contributed by atoms with Crippen LogP contribution in [-0.2, 0) is 9.53 Å². The summed E-state index contributed by atoms with van der Waals surface area (Å²) in [6, 6.07) is 8.39. The van der Waals surface area contributed by atoms with Gasteiger partial charge in [-0.3, -0.25) is 9.28 Å². The van der Waals surface area contributed by atoms with Gasteiger partial charge in [-0.25, -0.2) is 4.99 Å². The molecule has 1 unspecified atom stereocenters. The Labute approximate surface area is 290 Å². The van der Waals surface area contributed by atoms with Crippen LogP contribution in [0.5, 0.6) is 0 Å². The number of quaternary nitrogens is 1. The molecule has 0 amide bonds. The fourth-order valence-corrected chi connectivity index (χ4v) is 8.64. The first-order chi connectivity index (χ1) is 22.9. The molecule has 0 saturated carbocycles. The molecule has 0 aromatic heterocycles. The van der Waals surface area contributed by atoms with Gasteiger partial charge in [0.25, 0.3) is 0 Å². The number of hydrogen-bond donors (Lipinski definition) is 1. The summed E-state index contributed by atoms with van der Waals surface area (Å²) in [6.07, 6.45) is 25.2. The van der Waals surface area contributed by atoms with Crippen molar-refractivity contribution < 1.29 is 14.0 Å². The molecule has 0 radical (unpaired) electrons. The van der Waals surface area contributed by atoms with Crippen molar-refractivity contribution in [3.8, 4) is 0 Å². The summed E-state index contributed by atoms with van der Waals surface area (Å²) in [5, 5.41) is 6.11. The molecular weight excluding hydrogens is 601 g/mol. The highest BCUT2D eigenvalue weighted by Crippen LogP contribution is 2.36. The second-order valence-electron chi connectivity index (χ2n) is 14.8. The lowest BCUT2D eigenvalue weighted by Crippen LogP contribution is -2.59. The van der Waals surface area contributed by atoms with Crippen LogP contribution in [0.2, 0.25) is 0 Å². The van der Waals surface area contributed by atoms with Crippen molar-refractivity contribution in [2.75, 3.05) is 57.3 Å². The summed E-state index contributed by atoms with van der Waals surface area (Å²) in [5.74, 6) is 2.27. The van der Waals surface area contributed by atoms with Crippen molar-refractivity contribution in [2.45, 2.75) is 129 Å². The van der Waals surface area contributed by atoms with E-state index in [1.807, 2.05) is 0 Å². The number of anilines is 1. The molecule has 1 aromatic carbocycles. The van der Waals surface area contributed by atoms with Crippen LogP contribution in [0.3, 0.4) is 0 Å². The van der Waals surface area contributed by atoms with E-state index in [0.717, 1.165) is 79.3 Å². The summed E-state index contributed by atoms with van der Waals surface area (Å²) in [6.45, 7) is 8.76. The lowest BCUT2D eigenvalue weighted by molar-refractivity contribution is -0.929. The van der Waals surface area contributed by atoms with Gasteiger partial charge in [0.15, 0.2) is 0 Å². The second kappa shape index (κ2) is 20.4. The van der Waals surface area contributed by atoms with Gasteiger partial charge in [0.05, 0.1) is 50.5 Å². The Kier molecular flexibility index (Phi) is 16.4. The third-order valence-electron chi connectivity index (χ3n) is 10.5. The normalized spacial score (nSPS) is 18.7. The maximum absolute atomic E-state index is 13.5. The molecule has 1 N–H and O–H groups in total. The number of esters is 1. The Balaban J connectivity index is 1.26. The number of rotatable bonds is 21. The number of para-hydroxylation sites is 2. The molecular formula is C40H67N4O2S+. The molecule has 47 heavy (non-hydrogen) atoms. The van der Waals surface area contributed by atoms with E-state index in [2.05, 4.69) is 67.0 Å². The van der Waals surface area contributed by atoms with Gasteiger partial charge >= 0.3 is 5.97 Å². The van der Waals surface area contributed by atoms with E-state index in [4.69, 9.17) is 9.73 Å². The van der Waals surface area contributed by atoms with E-state index in [9.17, 15) is 4.79 Å². The minimum atomic E-state index is 0.0545. The molecule has 6 nitrogen and oxygen atoms in total. The molecule has 1 atom stereocenters. The van der Waals surface area contributed by atoms with Crippen molar-refractivity contribution in [1.82, 2.24) is 4.90 Å². The Morgan fingerprint density at radius 3 is 2.02 bits per heavy atom. The number of aliphatic imine (C=N–C) groups is 1. The SMILES string of the molecule is CCCCCCCCCCC(CCCCCCCCCC)C(=O)OC[N+]1(C)CCN(C2=Nc3ccccc3NC3=C2C=S(C)C3)CC1. The number of benzene rings is 1. The van der Waals surface area contributed by atoms with E-state index in [1.54, 1.807) is 0 Å². The molecule has 0 bridgehead atoms. The predicted octanol–water partition coefficient (Wildman–Crippen LogP) is 10.1. The van der Waals surface area contributed by atoms with Crippen molar-refractivity contribution in [1.29, 1.82) is 0 Å². The molecule has 3 aliphatic heterocycles. The van der Waals surface area contributed by atoms with Crippen molar-refractivity contribution in [3.05, 3.63) is 35.5 Å². The molecule has 7 heteroatoms. The lowest BCUT2D eigenvalue weighted by Gasteiger charge is -2.42. The van der Waals surface area contributed by atoms with Crippen LogP contribution >= 0.6 is 10.5 Å². The van der Waals surface area contributed by atoms with Gasteiger partial charge < -0.3 is 15.0 Å². The van der Waals surface area contributed by atoms with E-state index in [-0.39, 0.29) is 22.4 Å². The van der Waals surface area contributed by atoms with Gasteiger partial charge in [0.1, 0.15) is 5.84 Å². The number of carbonyl (C=O) groups is 1. The number of fused-ring (bicyclic) bond motifs is 1. The highest BCUT2D eigenvalue weighted by atomic mass is 32.2. The first-order valence-corrected chi connectivity index (χ1v) is 21.2. The van der Waals surface area contributed by atoms with Crippen LogP contribution < -0.4 is 5.32 Å². The van der Waals surface area contributed by atoms with E-state index in [1.165, 1.54) is 101 Å². The van der Waals surface area contributed by atoms with Gasteiger partial charge in [-0.1, -0.05) is 129 Å². The number of hydrogen-bond acceptors (Lipinski definition) is 5. The molecule has 3 heterocycles. The smallest absolute Gasteiger partial charge is 0.313 e. The number of likely N-dealkylation sites (N-methyl/N-ethyl adjacent to an activating group) is 1. The standard InChI is InChI=1S/C40H67N4O2S/c1-5-7-9-11-13-15-17-19-23-34(24-20-18-16-14-12-10-8-6-2)40(45)46-33-44(3)29-27-43(28-30-44)39-35-31-47(4)32-38(35)41-36-25-21-22-26-37(36)42-39/h21-22,25-26,31,34,41H,5-20,23-24,27-30,32-33H2,1-4H3/q+1. The Hall–Kier alpha value is -2.12. The van der Waals surface area contributed by atoms with Crippen LogP contribution in [0.25, 0.3) is 0 Å². The van der Waals surface area contributed by atoms with Gasteiger partial charge in [-0.2, -0.15) is 10.5 Å². The topological polar surface area (TPSA) is 53.9 Å². The minimum absolute atomic E-state index is 0.0545. The third-order valence-corrected chi connectivity index (χ3v) is 11.8. The molecule has 1 aromatic rings. The maximum Gasteiger partial charge on any atom is 0.313 e. The van der Waals surface area contributed by atoms with Gasteiger partial charge in [0, 0.05) is 17.0 Å². The van der Waals surface area contributed by atoms with Gasteiger partial charge in [-0.15, -0.1) is 0 Å². The maximum atomic E-state index is 13.5. The zero-order valence-corrected chi connectivity index (χ0v) is 31.3. The summed E-state index contributed by atoms with van der Waals surface area (Å²) in [4.78, 5) is 21.2. The van der Waals surface area contributed by atoms with Gasteiger partial charge in [0.2, 0.25) is 6.73 Å². The Bertz CT molecular complexity index is 1180. The zero-order chi connectivity index (χ0) is 33.3. The number of ether oxygens (including phenoxy) is 1. The van der Waals surface area contributed by atoms with Crippen LogP contribution in [-0.4, -0.2) is 78.5 Å². The van der Waals surface area contributed by atoms with E-state index >= 15 is 0 Å². The summed E-state index contributed by atoms with van der Waals surface area (Å²) in [5.41, 5.74) is 4.69. The fourth-order valence-electron chi connectivity index (χ4n) is 7.22. The van der Waals surface area contributed by atoms with Crippen LogP contribution in [0, 0.1) is 5.92 Å². The number of nitrogens with one attached hydrogen (secondary N) is 1. The first kappa shape index (κ1) is 37.7. The molecule has 3 aliphatic rings. The number of amidine groups is 1. The number of carbonyl (C=O) groups excluding carboxylic acids is 1. The molecule has 264 valence electrons. The average molecular weight is 668 g/mol. The number of unbranched alkanes of at least 4 members (excludes halogenated alkanes) is 14. The molecule has 0 spiro atoms. The molecule has 4 rings (SSSR count). The van der Waals surface area contributed by atoms with Gasteiger partial charge in [-0.05, 0) is 36.6 Å².